The van der Waals surface area contributed by atoms with Gasteiger partial charge < -0.3 is 0 Å². The van der Waals surface area contributed by atoms with Gasteiger partial charge in [0.2, 0.25) is 4.80 Å². The number of rotatable bonds is 5. The predicted molar refractivity (Wildman–Crippen MR) is 111 cm³/mol. The zero-order valence-electron chi connectivity index (χ0n) is 14.8. The molecule has 0 aliphatic heterocycles. The number of hydrogen-bond donors (Lipinski definition) is 0. The lowest BCUT2D eigenvalue weighted by Gasteiger charge is -2.07. The Labute approximate surface area is 167 Å². The SMILES string of the molecule is O=S(=O)(Cn1sc(=Nc2ccccc2)nc1-c1ccccc1)c1ccccc1. The molecule has 0 spiro atoms. The van der Waals surface area contributed by atoms with Crippen molar-refractivity contribution in [1.82, 2.24) is 8.94 Å². The lowest BCUT2D eigenvalue weighted by molar-refractivity contribution is 0.587. The lowest BCUT2D eigenvalue weighted by Crippen LogP contribution is -2.10. The van der Waals surface area contributed by atoms with Crippen LogP contribution in [0, 0.1) is 0 Å². The lowest BCUT2D eigenvalue weighted by atomic mass is 10.2. The average molecular weight is 408 g/mol. The van der Waals surface area contributed by atoms with Crippen LogP contribution in [0.3, 0.4) is 0 Å². The van der Waals surface area contributed by atoms with Crippen LogP contribution in [0.15, 0.2) is 101 Å². The molecule has 0 unspecified atom stereocenters. The Bertz CT molecular complexity index is 1230. The maximum atomic E-state index is 12.9. The molecule has 4 rings (SSSR count). The van der Waals surface area contributed by atoms with Crippen LogP contribution in [0.25, 0.3) is 11.4 Å². The van der Waals surface area contributed by atoms with Gasteiger partial charge in [0.15, 0.2) is 15.7 Å². The highest BCUT2D eigenvalue weighted by molar-refractivity contribution is 7.90. The summed E-state index contributed by atoms with van der Waals surface area (Å²) in [5.41, 5.74) is 1.62. The molecule has 0 fully saturated rings. The van der Waals surface area contributed by atoms with E-state index >= 15 is 0 Å². The molecule has 0 N–H and O–H groups in total. The van der Waals surface area contributed by atoms with E-state index in [1.807, 2.05) is 60.7 Å². The number of nitrogens with zero attached hydrogens (tertiary/aromatic N) is 3. The maximum Gasteiger partial charge on any atom is 0.228 e. The van der Waals surface area contributed by atoms with Gasteiger partial charge in [-0.2, -0.15) is 4.98 Å². The van der Waals surface area contributed by atoms with Gasteiger partial charge in [0.05, 0.1) is 10.6 Å². The van der Waals surface area contributed by atoms with Crippen molar-refractivity contribution in [3.05, 3.63) is 95.8 Å². The van der Waals surface area contributed by atoms with Crippen molar-refractivity contribution >= 4 is 27.1 Å². The summed E-state index contributed by atoms with van der Waals surface area (Å²) in [4.78, 5) is 9.94. The predicted octanol–water partition coefficient (Wildman–Crippen LogP) is 4.28. The van der Waals surface area contributed by atoms with Crippen molar-refractivity contribution in [1.29, 1.82) is 0 Å². The topological polar surface area (TPSA) is 64.3 Å². The maximum absolute atomic E-state index is 12.9. The van der Waals surface area contributed by atoms with Crippen molar-refractivity contribution in [3.63, 3.8) is 0 Å². The first-order chi connectivity index (χ1) is 13.6. The van der Waals surface area contributed by atoms with E-state index in [0.717, 1.165) is 11.3 Å². The fraction of sp³-hybridized carbons (Fsp3) is 0.0476. The summed E-state index contributed by atoms with van der Waals surface area (Å²) in [6.07, 6.45) is 0. The molecule has 0 atom stereocenters. The summed E-state index contributed by atoms with van der Waals surface area (Å²) in [5, 5.41) is 0. The smallest absolute Gasteiger partial charge is 0.228 e. The molecule has 0 amide bonds. The Kier molecular flexibility index (Phi) is 5.18. The Morgan fingerprint density at radius 2 is 1.39 bits per heavy atom. The van der Waals surface area contributed by atoms with Crippen LogP contribution in [0.1, 0.15) is 0 Å². The molecule has 140 valence electrons. The zero-order valence-corrected chi connectivity index (χ0v) is 16.5. The van der Waals surface area contributed by atoms with E-state index in [4.69, 9.17) is 0 Å². The monoisotopic (exact) mass is 407 g/mol. The summed E-state index contributed by atoms with van der Waals surface area (Å²) >= 11 is 1.23. The second-order valence-corrected chi connectivity index (χ2v) is 9.01. The van der Waals surface area contributed by atoms with E-state index in [1.165, 1.54) is 11.5 Å². The van der Waals surface area contributed by atoms with E-state index in [9.17, 15) is 8.42 Å². The van der Waals surface area contributed by atoms with E-state index in [0.29, 0.717) is 10.6 Å². The minimum atomic E-state index is -3.51. The minimum absolute atomic E-state index is 0.191. The second kappa shape index (κ2) is 7.92. The van der Waals surface area contributed by atoms with Gasteiger partial charge in [-0.25, -0.2) is 13.4 Å². The molecule has 5 nitrogen and oxygen atoms in total. The quantitative estimate of drug-likeness (QED) is 0.496. The van der Waals surface area contributed by atoms with Gasteiger partial charge in [-0.3, -0.25) is 3.96 Å². The van der Waals surface area contributed by atoms with Gasteiger partial charge in [0.25, 0.3) is 0 Å². The largest absolute Gasteiger partial charge is 0.262 e. The van der Waals surface area contributed by atoms with Gasteiger partial charge in [0, 0.05) is 5.56 Å². The zero-order chi connectivity index (χ0) is 19.4. The van der Waals surface area contributed by atoms with Crippen LogP contribution in [0.4, 0.5) is 5.69 Å². The van der Waals surface area contributed by atoms with Gasteiger partial charge >= 0.3 is 0 Å². The van der Waals surface area contributed by atoms with Crippen molar-refractivity contribution < 1.29 is 8.42 Å². The van der Waals surface area contributed by atoms with Gasteiger partial charge in [-0.1, -0.05) is 66.7 Å². The molecule has 0 aliphatic rings. The first kappa shape index (κ1) is 18.3. The third-order valence-electron chi connectivity index (χ3n) is 4.03. The highest BCUT2D eigenvalue weighted by atomic mass is 32.2. The van der Waals surface area contributed by atoms with E-state index in [2.05, 4.69) is 9.98 Å². The van der Waals surface area contributed by atoms with Crippen molar-refractivity contribution in [2.24, 2.45) is 4.99 Å². The standard InChI is InChI=1S/C21H17N3O2S2/c25-28(26,19-14-8-3-9-15-19)16-24-20(17-10-4-1-5-11-17)23-21(27-24)22-18-12-6-2-7-13-18/h1-15H,16H2. The molecule has 1 aromatic heterocycles. The number of sulfone groups is 1. The molecule has 3 aromatic carbocycles. The minimum Gasteiger partial charge on any atom is -0.262 e. The van der Waals surface area contributed by atoms with Crippen molar-refractivity contribution in [2.45, 2.75) is 10.8 Å². The third-order valence-corrected chi connectivity index (χ3v) is 6.65. The van der Waals surface area contributed by atoms with E-state index in [-0.39, 0.29) is 10.8 Å². The molecule has 28 heavy (non-hydrogen) atoms. The van der Waals surface area contributed by atoms with Gasteiger partial charge in [0.1, 0.15) is 5.88 Å². The molecule has 7 heteroatoms. The fourth-order valence-corrected chi connectivity index (χ4v) is 5.19. The molecule has 0 bridgehead atoms. The van der Waals surface area contributed by atoms with Crippen LogP contribution in [-0.2, 0) is 15.7 Å². The van der Waals surface area contributed by atoms with Crippen molar-refractivity contribution in [2.75, 3.05) is 0 Å². The van der Waals surface area contributed by atoms with Gasteiger partial charge in [-0.05, 0) is 35.8 Å². The molecule has 0 aliphatic carbocycles. The summed E-state index contributed by atoms with van der Waals surface area (Å²) in [6, 6.07) is 27.5. The number of para-hydroxylation sites is 1. The molecule has 0 saturated heterocycles. The van der Waals surface area contributed by atoms with E-state index in [1.54, 1.807) is 34.3 Å². The van der Waals surface area contributed by atoms with Crippen LogP contribution in [0.5, 0.6) is 0 Å². The van der Waals surface area contributed by atoms with Crippen molar-refractivity contribution in [3.8, 4) is 11.4 Å². The average Bonchev–Trinajstić information content (AvgIpc) is 3.11. The first-order valence-corrected chi connectivity index (χ1v) is 11.1. The second-order valence-electron chi connectivity index (χ2n) is 6.06. The van der Waals surface area contributed by atoms with Crippen LogP contribution in [0.2, 0.25) is 0 Å². The molecular formula is C21H17N3O2S2. The molecule has 0 radical (unpaired) electrons. The Morgan fingerprint density at radius 3 is 2.04 bits per heavy atom. The summed E-state index contributed by atoms with van der Waals surface area (Å²) in [7, 11) is -3.51. The fourth-order valence-electron chi connectivity index (χ4n) is 2.71. The normalized spacial score (nSPS) is 12.2. The Morgan fingerprint density at radius 1 is 0.821 bits per heavy atom. The third kappa shape index (κ3) is 4.11. The number of aromatic nitrogens is 2. The molecule has 0 saturated carbocycles. The highest BCUT2D eigenvalue weighted by Crippen LogP contribution is 2.21. The van der Waals surface area contributed by atoms with Crippen LogP contribution < -0.4 is 4.80 Å². The molecule has 4 aromatic rings. The highest BCUT2D eigenvalue weighted by Gasteiger charge is 2.19. The molecule has 1 heterocycles. The summed E-state index contributed by atoms with van der Waals surface area (Å²) < 4.78 is 27.4. The summed E-state index contributed by atoms with van der Waals surface area (Å²) in [5.74, 6) is 0.392. The Hall–Kier alpha value is -3.03. The van der Waals surface area contributed by atoms with Crippen LogP contribution in [-0.4, -0.2) is 17.4 Å². The first-order valence-electron chi connectivity index (χ1n) is 8.63. The summed E-state index contributed by atoms with van der Waals surface area (Å²) in [6.45, 7) is 0. The van der Waals surface area contributed by atoms with Crippen LogP contribution >= 0.6 is 11.5 Å². The molecular weight excluding hydrogens is 390 g/mol. The Balaban J connectivity index is 1.80. The van der Waals surface area contributed by atoms with Gasteiger partial charge in [-0.15, -0.1) is 0 Å². The van der Waals surface area contributed by atoms with E-state index < -0.39 is 9.84 Å². The number of hydrogen-bond acceptors (Lipinski definition) is 5. The number of benzene rings is 3.